The summed E-state index contributed by atoms with van der Waals surface area (Å²) in [5.74, 6) is 0.667. The van der Waals surface area contributed by atoms with E-state index < -0.39 is 0 Å². The average Bonchev–Trinajstić information content (AvgIpc) is 2.20. The molecule has 0 saturated carbocycles. The Balaban J connectivity index is 2.23. The number of hydrogen-bond donors (Lipinski definition) is 0. The molecule has 0 amide bonds. The number of rotatable bonds is 5. The van der Waals surface area contributed by atoms with Crippen LogP contribution < -0.4 is 4.74 Å². The van der Waals surface area contributed by atoms with Crippen molar-refractivity contribution in [2.24, 2.45) is 0 Å². The minimum atomic E-state index is -0.0802. The molecule has 0 aliphatic heterocycles. The molecule has 3 nitrogen and oxygen atoms in total. The highest BCUT2D eigenvalue weighted by Gasteiger charge is 2.00. The molecule has 0 heterocycles. The van der Waals surface area contributed by atoms with Crippen LogP contribution in [0.5, 0.6) is 5.75 Å². The second kappa shape index (κ2) is 5.76. The van der Waals surface area contributed by atoms with Crippen molar-refractivity contribution < 1.29 is 9.53 Å². The molecular formula is C11H11NO2. The van der Waals surface area contributed by atoms with Crippen LogP contribution in [-0.4, -0.2) is 12.4 Å². The highest BCUT2D eigenvalue weighted by Crippen LogP contribution is 2.08. The lowest BCUT2D eigenvalue weighted by molar-refractivity contribution is -0.118. The molecule has 0 aromatic heterocycles. The monoisotopic (exact) mass is 189 g/mol. The molecule has 1 rings (SSSR count). The Morgan fingerprint density at radius 3 is 2.71 bits per heavy atom. The SMILES string of the molecule is N#CCC(=O)CCOc1ccccc1. The van der Waals surface area contributed by atoms with Gasteiger partial charge in [0.1, 0.15) is 11.5 Å². The number of ether oxygens (including phenoxy) is 1. The average molecular weight is 189 g/mol. The number of carbonyl (C=O) groups excluding carboxylic acids is 1. The largest absolute Gasteiger partial charge is 0.493 e. The molecule has 0 fully saturated rings. The summed E-state index contributed by atoms with van der Waals surface area (Å²) in [6, 6.07) is 11.1. The Morgan fingerprint density at radius 1 is 1.36 bits per heavy atom. The zero-order valence-electron chi connectivity index (χ0n) is 7.77. The van der Waals surface area contributed by atoms with E-state index >= 15 is 0 Å². The van der Waals surface area contributed by atoms with Crippen LogP contribution in [0.15, 0.2) is 30.3 Å². The zero-order valence-corrected chi connectivity index (χ0v) is 7.77. The van der Waals surface area contributed by atoms with Gasteiger partial charge >= 0.3 is 0 Å². The van der Waals surface area contributed by atoms with Gasteiger partial charge in [-0.1, -0.05) is 18.2 Å². The molecule has 0 saturated heterocycles. The number of benzene rings is 1. The molecule has 0 N–H and O–H groups in total. The summed E-state index contributed by atoms with van der Waals surface area (Å²) < 4.78 is 5.29. The van der Waals surface area contributed by atoms with Crippen molar-refractivity contribution in [2.45, 2.75) is 12.8 Å². The van der Waals surface area contributed by atoms with Crippen LogP contribution in [0.3, 0.4) is 0 Å². The summed E-state index contributed by atoms with van der Waals surface area (Å²) >= 11 is 0. The van der Waals surface area contributed by atoms with E-state index in [2.05, 4.69) is 0 Å². The Kier molecular flexibility index (Phi) is 4.22. The van der Waals surface area contributed by atoms with Gasteiger partial charge in [0.15, 0.2) is 0 Å². The molecule has 72 valence electrons. The van der Waals surface area contributed by atoms with Gasteiger partial charge in [0.2, 0.25) is 0 Å². The van der Waals surface area contributed by atoms with Crippen molar-refractivity contribution in [3.8, 4) is 11.8 Å². The van der Waals surface area contributed by atoms with Crippen LogP contribution in [0.4, 0.5) is 0 Å². The Hall–Kier alpha value is -1.82. The summed E-state index contributed by atoms with van der Waals surface area (Å²) in [4.78, 5) is 10.9. The first-order chi connectivity index (χ1) is 6.83. The minimum absolute atomic E-state index is 0.0296. The second-order valence-corrected chi connectivity index (χ2v) is 2.79. The van der Waals surface area contributed by atoms with E-state index in [1.807, 2.05) is 36.4 Å². The van der Waals surface area contributed by atoms with Gasteiger partial charge < -0.3 is 4.74 Å². The van der Waals surface area contributed by atoms with Gasteiger partial charge in [-0.05, 0) is 12.1 Å². The van der Waals surface area contributed by atoms with Gasteiger partial charge in [-0.15, -0.1) is 0 Å². The van der Waals surface area contributed by atoms with Crippen LogP contribution in [-0.2, 0) is 4.79 Å². The van der Waals surface area contributed by atoms with Crippen molar-refractivity contribution in [1.29, 1.82) is 5.26 Å². The van der Waals surface area contributed by atoms with Crippen LogP contribution in [0.2, 0.25) is 0 Å². The molecule has 1 aromatic carbocycles. The fourth-order valence-electron chi connectivity index (χ4n) is 0.976. The predicted molar refractivity (Wildman–Crippen MR) is 51.8 cm³/mol. The summed E-state index contributed by atoms with van der Waals surface area (Å²) in [6.07, 6.45) is 0.264. The van der Waals surface area contributed by atoms with E-state index in [1.54, 1.807) is 0 Å². The lowest BCUT2D eigenvalue weighted by atomic mass is 10.2. The van der Waals surface area contributed by atoms with Crippen molar-refractivity contribution in [2.75, 3.05) is 6.61 Å². The predicted octanol–water partition coefficient (Wildman–Crippen LogP) is 1.94. The number of para-hydroxylation sites is 1. The third-order valence-electron chi connectivity index (χ3n) is 1.67. The van der Waals surface area contributed by atoms with Crippen molar-refractivity contribution in [3.05, 3.63) is 30.3 Å². The molecule has 0 atom stereocenters. The summed E-state index contributed by atoms with van der Waals surface area (Å²) in [7, 11) is 0. The fraction of sp³-hybridized carbons (Fsp3) is 0.273. The molecular weight excluding hydrogens is 178 g/mol. The van der Waals surface area contributed by atoms with Crippen LogP contribution in [0.1, 0.15) is 12.8 Å². The summed E-state index contributed by atoms with van der Waals surface area (Å²) in [5.41, 5.74) is 0. The quantitative estimate of drug-likeness (QED) is 0.711. The van der Waals surface area contributed by atoms with Gasteiger partial charge in [-0.2, -0.15) is 5.26 Å². The van der Waals surface area contributed by atoms with Crippen molar-refractivity contribution in [1.82, 2.24) is 0 Å². The first-order valence-electron chi connectivity index (χ1n) is 4.39. The van der Waals surface area contributed by atoms with Gasteiger partial charge in [0.05, 0.1) is 19.1 Å². The molecule has 0 radical (unpaired) electrons. The van der Waals surface area contributed by atoms with Crippen LogP contribution in [0.25, 0.3) is 0 Å². The van der Waals surface area contributed by atoms with E-state index in [-0.39, 0.29) is 12.2 Å². The molecule has 3 heteroatoms. The molecule has 0 spiro atoms. The van der Waals surface area contributed by atoms with Crippen molar-refractivity contribution in [3.63, 3.8) is 0 Å². The molecule has 0 bridgehead atoms. The first kappa shape index (κ1) is 10.3. The van der Waals surface area contributed by atoms with E-state index in [9.17, 15) is 4.79 Å². The maximum absolute atomic E-state index is 10.9. The fourth-order valence-corrected chi connectivity index (χ4v) is 0.976. The Bertz CT molecular complexity index is 327. The van der Waals surface area contributed by atoms with E-state index in [0.29, 0.717) is 13.0 Å². The lowest BCUT2D eigenvalue weighted by Crippen LogP contribution is -2.05. The number of nitrogens with zero attached hydrogens (tertiary/aromatic N) is 1. The Morgan fingerprint density at radius 2 is 2.07 bits per heavy atom. The zero-order chi connectivity index (χ0) is 10.2. The molecule has 0 aliphatic rings. The third kappa shape index (κ3) is 3.72. The van der Waals surface area contributed by atoms with Crippen molar-refractivity contribution >= 4 is 5.78 Å². The Labute approximate surface area is 82.9 Å². The number of carbonyl (C=O) groups is 1. The van der Waals surface area contributed by atoms with E-state index in [1.165, 1.54) is 0 Å². The molecule has 1 aromatic rings. The molecule has 0 aliphatic carbocycles. The van der Waals surface area contributed by atoms with E-state index in [4.69, 9.17) is 10.00 Å². The standard InChI is InChI=1S/C11H11NO2/c12-8-6-10(13)7-9-14-11-4-2-1-3-5-11/h1-5H,6-7,9H2. The van der Waals surface area contributed by atoms with Gasteiger partial charge in [0.25, 0.3) is 0 Å². The minimum Gasteiger partial charge on any atom is -0.493 e. The van der Waals surface area contributed by atoms with Crippen LogP contribution >= 0.6 is 0 Å². The summed E-state index contributed by atoms with van der Waals surface area (Å²) in [5, 5.41) is 8.24. The highest BCUT2D eigenvalue weighted by molar-refractivity contribution is 5.80. The highest BCUT2D eigenvalue weighted by atomic mass is 16.5. The lowest BCUT2D eigenvalue weighted by Gasteiger charge is -2.03. The normalized spacial score (nSPS) is 9.07. The van der Waals surface area contributed by atoms with Gasteiger partial charge in [-0.3, -0.25) is 4.79 Å². The smallest absolute Gasteiger partial charge is 0.150 e. The molecule has 14 heavy (non-hydrogen) atoms. The number of Topliss-reactive ketones (excluding diaryl/α,β-unsaturated/α-hetero) is 1. The summed E-state index contributed by atoms with van der Waals surface area (Å²) in [6.45, 7) is 0.338. The maximum atomic E-state index is 10.9. The number of hydrogen-bond acceptors (Lipinski definition) is 3. The van der Waals surface area contributed by atoms with Gasteiger partial charge in [-0.25, -0.2) is 0 Å². The number of nitriles is 1. The number of ketones is 1. The van der Waals surface area contributed by atoms with E-state index in [0.717, 1.165) is 5.75 Å². The second-order valence-electron chi connectivity index (χ2n) is 2.79. The van der Waals surface area contributed by atoms with Gasteiger partial charge in [0, 0.05) is 6.42 Å². The van der Waals surface area contributed by atoms with Crippen LogP contribution in [0, 0.1) is 11.3 Å². The first-order valence-corrected chi connectivity index (χ1v) is 4.39. The molecule has 0 unspecified atom stereocenters. The maximum Gasteiger partial charge on any atom is 0.150 e. The third-order valence-corrected chi connectivity index (χ3v) is 1.67. The topological polar surface area (TPSA) is 50.1 Å².